The predicted octanol–water partition coefficient (Wildman–Crippen LogP) is 3.44. The van der Waals surface area contributed by atoms with Crippen molar-refractivity contribution in [2.75, 3.05) is 12.8 Å². The molecule has 1 unspecified atom stereocenters. The van der Waals surface area contributed by atoms with Gasteiger partial charge in [-0.3, -0.25) is 9.48 Å². The zero-order chi connectivity index (χ0) is 21.0. The lowest BCUT2D eigenvalue weighted by molar-refractivity contribution is 0.0731. The van der Waals surface area contributed by atoms with Gasteiger partial charge in [0.05, 0.1) is 28.7 Å². The van der Waals surface area contributed by atoms with Crippen LogP contribution in [0.2, 0.25) is 0 Å². The monoisotopic (exact) mass is 395 g/mol. The normalized spacial score (nSPS) is 15.3. The Kier molecular flexibility index (Phi) is 4.00. The predicted molar refractivity (Wildman–Crippen MR) is 118 cm³/mol. The topological polar surface area (TPSA) is 77.0 Å². The van der Waals surface area contributed by atoms with Gasteiger partial charge in [0.25, 0.3) is 5.91 Å². The Bertz CT molecular complexity index is 1380. The van der Waals surface area contributed by atoms with Crippen LogP contribution < -0.4 is 5.73 Å². The number of carbonyl (C=O) groups excluding carboxylic acids is 1. The van der Waals surface area contributed by atoms with Crippen LogP contribution in [0.4, 0.5) is 5.82 Å². The Labute approximate surface area is 174 Å². The number of rotatable bonds is 2. The molecule has 148 valence electrons. The highest BCUT2D eigenvalue weighted by molar-refractivity contribution is 6.10. The molecular formula is C24H21N5O. The van der Waals surface area contributed by atoms with E-state index in [2.05, 4.69) is 28.1 Å². The summed E-state index contributed by atoms with van der Waals surface area (Å²) in [5, 5.41) is 5.96. The van der Waals surface area contributed by atoms with Crippen LogP contribution in [0.25, 0.3) is 21.8 Å². The van der Waals surface area contributed by atoms with E-state index in [1.165, 1.54) is 11.1 Å². The summed E-state index contributed by atoms with van der Waals surface area (Å²) < 4.78 is 1.77. The molecule has 0 bridgehead atoms. The standard InChI is InChI=1S/C24H21N5O/c1-4-14-5-8-17-15(11-14)7-10-21(17)28(2)24(30)16-6-9-20-18(12-16)22-19(23(25)27-20)13-26-29(22)3/h1,5-6,8-9,11-13,21H,7,10H2,2-3H3,(H2,25,27). The van der Waals surface area contributed by atoms with Crippen molar-refractivity contribution in [3.63, 3.8) is 0 Å². The van der Waals surface area contributed by atoms with Gasteiger partial charge in [-0.25, -0.2) is 4.98 Å². The van der Waals surface area contributed by atoms with Gasteiger partial charge in [-0.05, 0) is 54.3 Å². The first-order valence-electron chi connectivity index (χ1n) is 9.85. The van der Waals surface area contributed by atoms with Crippen molar-refractivity contribution in [1.29, 1.82) is 0 Å². The number of terminal acetylenes is 1. The zero-order valence-electron chi connectivity index (χ0n) is 16.9. The maximum Gasteiger partial charge on any atom is 0.254 e. The Hall–Kier alpha value is -3.85. The van der Waals surface area contributed by atoms with Crippen molar-refractivity contribution >= 4 is 33.5 Å². The summed E-state index contributed by atoms with van der Waals surface area (Å²) in [5.74, 6) is 3.10. The highest BCUT2D eigenvalue weighted by Crippen LogP contribution is 2.36. The summed E-state index contributed by atoms with van der Waals surface area (Å²) in [6, 6.07) is 11.6. The van der Waals surface area contributed by atoms with Gasteiger partial charge in [-0.15, -0.1) is 6.42 Å². The smallest absolute Gasteiger partial charge is 0.254 e. The Balaban J connectivity index is 1.54. The second-order valence-corrected chi connectivity index (χ2v) is 7.79. The third kappa shape index (κ3) is 2.63. The summed E-state index contributed by atoms with van der Waals surface area (Å²) in [4.78, 5) is 19.7. The van der Waals surface area contributed by atoms with Gasteiger partial charge < -0.3 is 10.6 Å². The van der Waals surface area contributed by atoms with Gasteiger partial charge in [0.2, 0.25) is 0 Å². The molecule has 0 saturated heterocycles. The third-order valence-corrected chi connectivity index (χ3v) is 6.10. The molecule has 0 saturated carbocycles. The first kappa shape index (κ1) is 18.2. The van der Waals surface area contributed by atoms with E-state index < -0.39 is 0 Å². The number of benzene rings is 2. The number of nitrogen functional groups attached to an aromatic ring is 1. The summed E-state index contributed by atoms with van der Waals surface area (Å²) in [7, 11) is 3.73. The minimum atomic E-state index is -0.0251. The van der Waals surface area contributed by atoms with Crippen molar-refractivity contribution in [1.82, 2.24) is 19.7 Å². The summed E-state index contributed by atoms with van der Waals surface area (Å²) in [6.07, 6.45) is 9.04. The van der Waals surface area contributed by atoms with Crippen LogP contribution in [0.5, 0.6) is 0 Å². The second-order valence-electron chi connectivity index (χ2n) is 7.79. The van der Waals surface area contributed by atoms with E-state index in [4.69, 9.17) is 12.2 Å². The van der Waals surface area contributed by atoms with Gasteiger partial charge in [0, 0.05) is 30.6 Å². The van der Waals surface area contributed by atoms with Crippen LogP contribution in [0, 0.1) is 12.3 Å². The molecule has 1 atom stereocenters. The van der Waals surface area contributed by atoms with Crippen LogP contribution in [0.3, 0.4) is 0 Å². The Morgan fingerprint density at radius 3 is 2.90 bits per heavy atom. The van der Waals surface area contributed by atoms with Gasteiger partial charge >= 0.3 is 0 Å². The molecule has 1 aliphatic carbocycles. The van der Waals surface area contributed by atoms with Gasteiger partial charge in [0.1, 0.15) is 5.82 Å². The fraction of sp³-hybridized carbons (Fsp3) is 0.208. The molecule has 0 radical (unpaired) electrons. The average Bonchev–Trinajstić information content (AvgIpc) is 3.36. The average molecular weight is 395 g/mol. The number of nitrogens with two attached hydrogens (primary N) is 1. The van der Waals surface area contributed by atoms with Crippen LogP contribution in [0.15, 0.2) is 42.6 Å². The Morgan fingerprint density at radius 2 is 2.10 bits per heavy atom. The number of pyridine rings is 1. The van der Waals surface area contributed by atoms with E-state index in [-0.39, 0.29) is 11.9 Å². The number of aryl methyl sites for hydroxylation is 2. The van der Waals surface area contributed by atoms with E-state index in [1.807, 2.05) is 43.3 Å². The molecule has 6 heteroatoms. The molecule has 30 heavy (non-hydrogen) atoms. The summed E-state index contributed by atoms with van der Waals surface area (Å²) >= 11 is 0. The SMILES string of the molecule is C#Cc1ccc2c(c1)CCC2N(C)C(=O)c1ccc2nc(N)c3cnn(C)c3c2c1. The van der Waals surface area contributed by atoms with Gasteiger partial charge in [0.15, 0.2) is 0 Å². The number of amides is 1. The molecule has 5 rings (SSSR count). The minimum Gasteiger partial charge on any atom is -0.383 e. The van der Waals surface area contributed by atoms with Crippen molar-refractivity contribution in [2.24, 2.45) is 7.05 Å². The van der Waals surface area contributed by atoms with E-state index in [9.17, 15) is 4.79 Å². The third-order valence-electron chi connectivity index (χ3n) is 6.10. The van der Waals surface area contributed by atoms with Crippen LogP contribution in [0.1, 0.15) is 39.5 Å². The first-order valence-corrected chi connectivity index (χ1v) is 9.85. The Morgan fingerprint density at radius 1 is 1.27 bits per heavy atom. The fourth-order valence-corrected chi connectivity index (χ4v) is 4.52. The molecule has 0 spiro atoms. The number of aromatic nitrogens is 3. The molecule has 6 nitrogen and oxygen atoms in total. The van der Waals surface area contributed by atoms with Crippen molar-refractivity contribution in [3.8, 4) is 12.3 Å². The molecule has 2 N–H and O–H groups in total. The second kappa shape index (κ2) is 6.60. The van der Waals surface area contributed by atoms with Crippen LogP contribution in [-0.4, -0.2) is 32.6 Å². The molecule has 2 aromatic carbocycles. The van der Waals surface area contributed by atoms with E-state index in [0.717, 1.165) is 40.2 Å². The lowest BCUT2D eigenvalue weighted by Gasteiger charge is -2.26. The maximum atomic E-state index is 13.4. The highest BCUT2D eigenvalue weighted by atomic mass is 16.2. The number of hydrogen-bond acceptors (Lipinski definition) is 4. The lowest BCUT2D eigenvalue weighted by Crippen LogP contribution is -2.30. The quantitative estimate of drug-likeness (QED) is 0.528. The number of carbonyl (C=O) groups is 1. The van der Waals surface area contributed by atoms with Crippen molar-refractivity contribution in [2.45, 2.75) is 18.9 Å². The molecule has 4 aromatic rings. The number of anilines is 1. The highest BCUT2D eigenvalue weighted by Gasteiger charge is 2.29. The maximum absolute atomic E-state index is 13.4. The largest absolute Gasteiger partial charge is 0.383 e. The van der Waals surface area contributed by atoms with E-state index in [0.29, 0.717) is 11.4 Å². The molecule has 1 amide bonds. The van der Waals surface area contributed by atoms with Gasteiger partial charge in [-0.1, -0.05) is 12.0 Å². The molecule has 1 aliphatic rings. The number of nitrogens with zero attached hydrogens (tertiary/aromatic N) is 4. The summed E-state index contributed by atoms with van der Waals surface area (Å²) in [6.45, 7) is 0. The molecule has 0 fully saturated rings. The minimum absolute atomic E-state index is 0.0251. The zero-order valence-corrected chi connectivity index (χ0v) is 16.9. The molecule has 2 heterocycles. The van der Waals surface area contributed by atoms with Crippen molar-refractivity contribution < 1.29 is 4.79 Å². The van der Waals surface area contributed by atoms with Crippen LogP contribution >= 0.6 is 0 Å². The summed E-state index contributed by atoms with van der Waals surface area (Å²) in [5.41, 5.74) is 11.6. The molecule has 2 aromatic heterocycles. The number of fused-ring (bicyclic) bond motifs is 4. The lowest BCUT2D eigenvalue weighted by atomic mass is 10.0. The van der Waals surface area contributed by atoms with Crippen molar-refractivity contribution in [3.05, 3.63) is 64.8 Å². The van der Waals surface area contributed by atoms with E-state index >= 15 is 0 Å². The molecule has 0 aliphatic heterocycles. The van der Waals surface area contributed by atoms with Crippen LogP contribution in [-0.2, 0) is 13.5 Å². The molecular weight excluding hydrogens is 374 g/mol. The number of hydrogen-bond donors (Lipinski definition) is 1. The van der Waals surface area contributed by atoms with Gasteiger partial charge in [-0.2, -0.15) is 5.10 Å². The fourth-order valence-electron chi connectivity index (χ4n) is 4.52. The van der Waals surface area contributed by atoms with E-state index in [1.54, 1.807) is 10.9 Å². The first-order chi connectivity index (χ1) is 14.5.